The molecule has 0 aromatic heterocycles. The first-order valence-electron chi connectivity index (χ1n) is 5.52. The third kappa shape index (κ3) is 12.5. The van der Waals surface area contributed by atoms with E-state index in [1.165, 1.54) is 44.9 Å². The molecular formula is C12H23I. The Morgan fingerprint density at radius 1 is 1.08 bits per heavy atom. The van der Waals surface area contributed by atoms with Crippen LogP contribution in [0.5, 0.6) is 0 Å². The zero-order chi connectivity index (χ0) is 9.94. The second-order valence-electron chi connectivity index (χ2n) is 3.69. The smallest absolute Gasteiger partial charge is 0.00813 e. The normalized spacial score (nSPS) is 13.8. The molecule has 78 valence electrons. The molecular weight excluding hydrogens is 271 g/mol. The van der Waals surface area contributed by atoms with Gasteiger partial charge in [0.2, 0.25) is 0 Å². The monoisotopic (exact) mass is 294 g/mol. The maximum Gasteiger partial charge on any atom is 0.00813 e. The van der Waals surface area contributed by atoms with Crippen LogP contribution >= 0.6 is 22.6 Å². The molecule has 0 nitrogen and oxygen atoms in total. The second-order valence-corrected chi connectivity index (χ2v) is 5.82. The van der Waals surface area contributed by atoms with Gasteiger partial charge in [-0.05, 0) is 26.2 Å². The van der Waals surface area contributed by atoms with Gasteiger partial charge >= 0.3 is 0 Å². The van der Waals surface area contributed by atoms with Gasteiger partial charge in [-0.3, -0.25) is 0 Å². The highest BCUT2D eigenvalue weighted by Gasteiger charge is 1.94. The van der Waals surface area contributed by atoms with E-state index in [-0.39, 0.29) is 0 Å². The summed E-state index contributed by atoms with van der Waals surface area (Å²) >= 11 is 2.51. The van der Waals surface area contributed by atoms with Crippen molar-refractivity contribution in [3.8, 4) is 0 Å². The molecule has 0 radical (unpaired) electrons. The molecule has 0 aliphatic heterocycles. The summed E-state index contributed by atoms with van der Waals surface area (Å²) in [6.07, 6.45) is 14.2. The molecule has 1 unspecified atom stereocenters. The largest absolute Gasteiger partial charge is 0.0917 e. The maximum atomic E-state index is 2.51. The molecule has 0 N–H and O–H groups in total. The van der Waals surface area contributed by atoms with Crippen molar-refractivity contribution in [2.45, 2.75) is 62.7 Å². The summed E-state index contributed by atoms with van der Waals surface area (Å²) in [5.74, 6) is 0. The third-order valence-electron chi connectivity index (χ3n) is 2.21. The van der Waals surface area contributed by atoms with E-state index in [1.54, 1.807) is 0 Å². The Balaban J connectivity index is 2.91. The first-order valence-corrected chi connectivity index (χ1v) is 6.77. The molecule has 0 fully saturated rings. The van der Waals surface area contributed by atoms with Gasteiger partial charge in [0, 0.05) is 3.92 Å². The van der Waals surface area contributed by atoms with Gasteiger partial charge < -0.3 is 0 Å². The summed E-state index contributed by atoms with van der Waals surface area (Å²) in [6.45, 7) is 4.40. The number of allylic oxidation sites excluding steroid dienone is 2. The van der Waals surface area contributed by atoms with Crippen molar-refractivity contribution in [2.24, 2.45) is 0 Å². The molecule has 0 rings (SSSR count). The van der Waals surface area contributed by atoms with Crippen LogP contribution < -0.4 is 0 Å². The van der Waals surface area contributed by atoms with Crippen molar-refractivity contribution in [2.75, 3.05) is 0 Å². The molecule has 13 heavy (non-hydrogen) atoms. The van der Waals surface area contributed by atoms with Crippen LogP contribution in [0.4, 0.5) is 0 Å². The van der Waals surface area contributed by atoms with Crippen molar-refractivity contribution in [1.82, 2.24) is 0 Å². The molecule has 0 aliphatic rings. The molecule has 1 atom stereocenters. The van der Waals surface area contributed by atoms with Crippen molar-refractivity contribution in [3.63, 3.8) is 0 Å². The Labute approximate surface area is 97.3 Å². The number of unbranched alkanes of at least 4 members (excludes halogenated alkanes) is 5. The summed E-state index contributed by atoms with van der Waals surface area (Å²) in [5.41, 5.74) is 0. The van der Waals surface area contributed by atoms with E-state index in [4.69, 9.17) is 0 Å². The van der Waals surface area contributed by atoms with Crippen LogP contribution in [0.2, 0.25) is 0 Å². The van der Waals surface area contributed by atoms with Gasteiger partial charge in [0.05, 0.1) is 0 Å². The van der Waals surface area contributed by atoms with Crippen molar-refractivity contribution in [1.29, 1.82) is 0 Å². The predicted molar refractivity (Wildman–Crippen MR) is 70.6 cm³/mol. The van der Waals surface area contributed by atoms with Gasteiger partial charge in [-0.2, -0.15) is 0 Å². The summed E-state index contributed by atoms with van der Waals surface area (Å²) in [4.78, 5) is 0. The van der Waals surface area contributed by atoms with Crippen molar-refractivity contribution >= 4 is 22.6 Å². The highest BCUT2D eigenvalue weighted by Crippen LogP contribution is 2.12. The van der Waals surface area contributed by atoms with Crippen LogP contribution in [-0.4, -0.2) is 3.92 Å². The summed E-state index contributed by atoms with van der Waals surface area (Å²) in [6, 6.07) is 0. The fourth-order valence-corrected chi connectivity index (χ4v) is 1.83. The highest BCUT2D eigenvalue weighted by molar-refractivity contribution is 14.1. The van der Waals surface area contributed by atoms with Gasteiger partial charge in [0.25, 0.3) is 0 Å². The van der Waals surface area contributed by atoms with E-state index in [0.717, 1.165) is 3.92 Å². The van der Waals surface area contributed by atoms with Crippen LogP contribution in [0.3, 0.4) is 0 Å². The fourth-order valence-electron chi connectivity index (χ4n) is 1.38. The topological polar surface area (TPSA) is 0 Å². The van der Waals surface area contributed by atoms with Crippen LogP contribution in [0, 0.1) is 0 Å². The van der Waals surface area contributed by atoms with E-state index in [2.05, 4.69) is 48.6 Å². The standard InChI is InChI=1S/C12H23I/c1-3-4-5-6-7-8-9-10-11-12(2)13/h3-4,12H,5-11H2,1-2H3/b4-3+. The van der Waals surface area contributed by atoms with Crippen LogP contribution in [0.25, 0.3) is 0 Å². The van der Waals surface area contributed by atoms with Gasteiger partial charge in [-0.1, -0.05) is 67.3 Å². The summed E-state index contributed by atoms with van der Waals surface area (Å²) in [5, 5.41) is 0. The Morgan fingerprint density at radius 2 is 1.69 bits per heavy atom. The van der Waals surface area contributed by atoms with E-state index in [1.807, 2.05) is 0 Å². The summed E-state index contributed by atoms with van der Waals surface area (Å²) < 4.78 is 0.862. The fraction of sp³-hybridized carbons (Fsp3) is 0.833. The molecule has 1 heteroatoms. The molecule has 0 aliphatic carbocycles. The molecule has 0 aromatic rings. The maximum absolute atomic E-state index is 2.51. The Kier molecular flexibility index (Phi) is 10.9. The van der Waals surface area contributed by atoms with E-state index in [0.29, 0.717) is 0 Å². The lowest BCUT2D eigenvalue weighted by Gasteiger charge is -2.02. The highest BCUT2D eigenvalue weighted by atomic mass is 127. The number of hydrogen-bond donors (Lipinski definition) is 0. The van der Waals surface area contributed by atoms with Gasteiger partial charge in [0.15, 0.2) is 0 Å². The van der Waals surface area contributed by atoms with Gasteiger partial charge in [0.1, 0.15) is 0 Å². The molecule has 0 saturated heterocycles. The molecule has 0 heterocycles. The lowest BCUT2D eigenvalue weighted by atomic mass is 10.1. The first-order chi connectivity index (χ1) is 6.27. The molecule has 0 spiro atoms. The minimum Gasteiger partial charge on any atom is -0.0917 e. The Morgan fingerprint density at radius 3 is 2.31 bits per heavy atom. The minimum atomic E-state index is 0.862. The lowest BCUT2D eigenvalue weighted by Crippen LogP contribution is -1.88. The van der Waals surface area contributed by atoms with Gasteiger partial charge in [-0.25, -0.2) is 0 Å². The zero-order valence-corrected chi connectivity index (χ0v) is 11.2. The molecule has 0 saturated carbocycles. The number of hydrogen-bond acceptors (Lipinski definition) is 0. The average Bonchev–Trinajstić information content (AvgIpc) is 2.09. The van der Waals surface area contributed by atoms with E-state index in [9.17, 15) is 0 Å². The molecule has 0 bridgehead atoms. The number of alkyl halides is 1. The number of halogens is 1. The lowest BCUT2D eigenvalue weighted by molar-refractivity contribution is 0.600. The predicted octanol–water partition coefficient (Wildman–Crippen LogP) is 5.12. The van der Waals surface area contributed by atoms with Crippen LogP contribution in [0.1, 0.15) is 58.8 Å². The Hall–Kier alpha value is 0.470. The van der Waals surface area contributed by atoms with E-state index >= 15 is 0 Å². The Bertz CT molecular complexity index is 116. The second kappa shape index (κ2) is 10.6. The molecule has 0 aromatic carbocycles. The van der Waals surface area contributed by atoms with Crippen molar-refractivity contribution in [3.05, 3.63) is 12.2 Å². The third-order valence-corrected chi connectivity index (χ3v) is 2.83. The van der Waals surface area contributed by atoms with Crippen molar-refractivity contribution < 1.29 is 0 Å². The average molecular weight is 294 g/mol. The van der Waals surface area contributed by atoms with E-state index < -0.39 is 0 Å². The first kappa shape index (κ1) is 13.5. The SMILES string of the molecule is C/C=C/CCCCCCCC(C)I. The quantitative estimate of drug-likeness (QED) is 0.252. The number of rotatable bonds is 8. The van der Waals surface area contributed by atoms with Crippen LogP contribution in [0.15, 0.2) is 12.2 Å². The van der Waals surface area contributed by atoms with Crippen LogP contribution in [-0.2, 0) is 0 Å². The summed E-state index contributed by atoms with van der Waals surface area (Å²) in [7, 11) is 0. The minimum absolute atomic E-state index is 0.862. The van der Waals surface area contributed by atoms with Gasteiger partial charge in [-0.15, -0.1) is 0 Å². The molecule has 0 amide bonds. The zero-order valence-electron chi connectivity index (χ0n) is 9.06.